The third-order valence-corrected chi connectivity index (χ3v) is 6.10. The molecule has 4 nitrogen and oxygen atoms in total. The molecule has 0 aromatic rings. The van der Waals surface area contributed by atoms with E-state index in [9.17, 15) is 4.79 Å². The molecule has 0 amide bonds. The molecule has 0 bridgehead atoms. The molecule has 0 unspecified atom stereocenters. The van der Waals surface area contributed by atoms with Crippen molar-refractivity contribution < 1.29 is 14.3 Å². The van der Waals surface area contributed by atoms with Gasteiger partial charge in [-0.05, 0) is 69.5 Å². The Balaban J connectivity index is 1.59. The number of carbonyl (C=O) groups excluding carboxylic acids is 1. The zero-order chi connectivity index (χ0) is 18.1. The predicted octanol–water partition coefficient (Wildman–Crippen LogP) is 3.37. The number of rotatable bonds is 10. The van der Waals surface area contributed by atoms with Crippen molar-refractivity contribution in [3.8, 4) is 0 Å². The zero-order valence-corrected chi connectivity index (χ0v) is 16.7. The van der Waals surface area contributed by atoms with Gasteiger partial charge in [-0.2, -0.15) is 12.6 Å². The summed E-state index contributed by atoms with van der Waals surface area (Å²) in [7, 11) is 0. The second-order valence-electron chi connectivity index (χ2n) is 7.71. The minimum atomic E-state index is 0.235. The van der Waals surface area contributed by atoms with Crippen molar-refractivity contribution in [2.75, 3.05) is 51.8 Å². The topological polar surface area (TPSA) is 38.8 Å². The Labute approximate surface area is 158 Å². The average molecular weight is 370 g/mol. The average Bonchev–Trinajstić information content (AvgIpc) is 2.62. The number of piperidine rings is 1. The van der Waals surface area contributed by atoms with Gasteiger partial charge in [-0.3, -0.25) is 4.79 Å². The highest BCUT2D eigenvalue weighted by Gasteiger charge is 2.39. The molecule has 1 heterocycles. The van der Waals surface area contributed by atoms with Gasteiger partial charge in [0.25, 0.3) is 0 Å². The van der Waals surface area contributed by atoms with Crippen molar-refractivity contribution in [1.82, 2.24) is 4.90 Å². The van der Waals surface area contributed by atoms with E-state index in [-0.39, 0.29) is 5.92 Å². The fourth-order valence-electron chi connectivity index (χ4n) is 4.17. The molecule has 2 fully saturated rings. The van der Waals surface area contributed by atoms with E-state index < -0.39 is 0 Å². The highest BCUT2D eigenvalue weighted by molar-refractivity contribution is 7.80. The summed E-state index contributed by atoms with van der Waals surface area (Å²) < 4.78 is 11.0. The van der Waals surface area contributed by atoms with Gasteiger partial charge >= 0.3 is 0 Å². The number of ether oxygens (including phenoxy) is 2. The summed E-state index contributed by atoms with van der Waals surface area (Å²) >= 11 is 4.11. The van der Waals surface area contributed by atoms with Crippen LogP contribution < -0.4 is 0 Å². The monoisotopic (exact) mass is 369 g/mol. The van der Waals surface area contributed by atoms with Crippen LogP contribution in [0.25, 0.3) is 0 Å². The Kier molecular flexibility index (Phi) is 8.97. The van der Waals surface area contributed by atoms with E-state index >= 15 is 0 Å². The summed E-state index contributed by atoms with van der Waals surface area (Å²) in [4.78, 5) is 14.6. The summed E-state index contributed by atoms with van der Waals surface area (Å²) in [6, 6.07) is 0. The summed E-state index contributed by atoms with van der Waals surface area (Å²) in [5.41, 5.74) is 1.22. The van der Waals surface area contributed by atoms with Gasteiger partial charge in [-0.15, -0.1) is 0 Å². The molecule has 2 aliphatic rings. The number of likely N-dealkylation sites (tertiary alicyclic amines) is 1. The summed E-state index contributed by atoms with van der Waals surface area (Å²) in [6.45, 7) is 11.8. The van der Waals surface area contributed by atoms with Gasteiger partial charge in [0, 0.05) is 18.2 Å². The molecular formula is C20H35NO3S. The minimum Gasteiger partial charge on any atom is -0.378 e. The fourth-order valence-corrected chi connectivity index (χ4v) is 4.30. The first-order valence-electron chi connectivity index (χ1n) is 9.75. The molecule has 1 saturated heterocycles. The van der Waals surface area contributed by atoms with E-state index in [1.807, 2.05) is 6.92 Å². The number of allylic oxidation sites excluding steroid dienone is 1. The van der Waals surface area contributed by atoms with Crippen LogP contribution in [0.2, 0.25) is 0 Å². The van der Waals surface area contributed by atoms with Gasteiger partial charge in [0.05, 0.1) is 26.4 Å². The van der Waals surface area contributed by atoms with Crippen LogP contribution in [-0.4, -0.2) is 62.5 Å². The van der Waals surface area contributed by atoms with E-state index in [1.54, 1.807) is 0 Å². The molecule has 0 radical (unpaired) electrons. The highest BCUT2D eigenvalue weighted by atomic mass is 32.1. The molecule has 0 N–H and O–H groups in total. The van der Waals surface area contributed by atoms with E-state index in [0.717, 1.165) is 37.3 Å². The third kappa shape index (κ3) is 6.70. The van der Waals surface area contributed by atoms with Gasteiger partial charge in [-0.1, -0.05) is 6.58 Å². The van der Waals surface area contributed by atoms with Gasteiger partial charge in [-0.25, -0.2) is 0 Å². The second kappa shape index (κ2) is 10.7. The van der Waals surface area contributed by atoms with Gasteiger partial charge in [0.15, 0.2) is 5.78 Å². The predicted molar refractivity (Wildman–Crippen MR) is 105 cm³/mol. The quantitative estimate of drug-likeness (QED) is 0.364. The molecule has 0 atom stereocenters. The molecule has 25 heavy (non-hydrogen) atoms. The Morgan fingerprint density at radius 1 is 1.08 bits per heavy atom. The maximum absolute atomic E-state index is 12.1. The molecule has 1 spiro atoms. The van der Waals surface area contributed by atoms with Crippen LogP contribution >= 0.6 is 12.6 Å². The first kappa shape index (κ1) is 20.9. The first-order chi connectivity index (χ1) is 12.1. The third-order valence-electron chi connectivity index (χ3n) is 5.91. The van der Waals surface area contributed by atoms with Crippen molar-refractivity contribution in [3.63, 3.8) is 0 Å². The van der Waals surface area contributed by atoms with Gasteiger partial charge < -0.3 is 14.4 Å². The molecule has 1 saturated carbocycles. The van der Waals surface area contributed by atoms with E-state index in [2.05, 4.69) is 24.1 Å². The van der Waals surface area contributed by atoms with E-state index in [0.29, 0.717) is 31.0 Å². The van der Waals surface area contributed by atoms with Crippen LogP contribution in [0.1, 0.15) is 45.4 Å². The van der Waals surface area contributed by atoms with Crippen molar-refractivity contribution in [3.05, 3.63) is 12.2 Å². The Hall–Kier alpha value is -0.360. The first-order valence-corrected chi connectivity index (χ1v) is 10.4. The lowest BCUT2D eigenvalue weighted by atomic mass is 9.64. The van der Waals surface area contributed by atoms with Crippen LogP contribution in [0.3, 0.4) is 0 Å². The summed E-state index contributed by atoms with van der Waals surface area (Å²) in [5.74, 6) is 1.29. The van der Waals surface area contributed by atoms with Crippen LogP contribution in [0.15, 0.2) is 12.2 Å². The SMILES string of the molecule is C=C(C)C(=O)C1CCC2(CC1)CCN(CCOCCOCCS)CC2. The lowest BCUT2D eigenvalue weighted by Gasteiger charge is -2.45. The molecule has 1 aliphatic heterocycles. The Morgan fingerprint density at radius 3 is 2.24 bits per heavy atom. The number of hydrogen-bond donors (Lipinski definition) is 1. The van der Waals surface area contributed by atoms with Crippen molar-refractivity contribution >= 4 is 18.4 Å². The van der Waals surface area contributed by atoms with Crippen molar-refractivity contribution in [1.29, 1.82) is 0 Å². The smallest absolute Gasteiger partial charge is 0.161 e. The summed E-state index contributed by atoms with van der Waals surface area (Å²) in [5, 5.41) is 0. The van der Waals surface area contributed by atoms with Gasteiger partial charge in [0.2, 0.25) is 0 Å². The number of nitrogens with zero attached hydrogens (tertiary/aromatic N) is 1. The number of ketones is 1. The zero-order valence-electron chi connectivity index (χ0n) is 15.8. The normalized spacial score (nSPS) is 21.5. The maximum atomic E-state index is 12.1. The molecular weight excluding hydrogens is 334 g/mol. The van der Waals surface area contributed by atoms with Crippen molar-refractivity contribution in [2.24, 2.45) is 11.3 Å². The number of hydrogen-bond acceptors (Lipinski definition) is 5. The minimum absolute atomic E-state index is 0.235. The van der Waals surface area contributed by atoms with Crippen LogP contribution in [0.4, 0.5) is 0 Å². The van der Waals surface area contributed by atoms with Crippen molar-refractivity contribution in [2.45, 2.75) is 45.4 Å². The molecule has 144 valence electrons. The number of carbonyl (C=O) groups is 1. The Bertz CT molecular complexity index is 423. The molecule has 0 aromatic carbocycles. The number of Topliss-reactive ketones (excluding diaryl/α,β-unsaturated/α-hetero) is 1. The summed E-state index contributed by atoms with van der Waals surface area (Å²) in [6.07, 6.45) is 7.08. The lowest BCUT2D eigenvalue weighted by Crippen LogP contribution is -2.43. The number of thiol groups is 1. The lowest BCUT2D eigenvalue weighted by molar-refractivity contribution is -0.121. The molecule has 0 aromatic heterocycles. The standard InChI is InChI=1S/C20H35NO3S/c1-17(2)19(22)18-3-5-20(6-4-18)7-9-21(10-8-20)11-12-23-13-14-24-15-16-25/h18,25H,1,3-16H2,2H3. The maximum Gasteiger partial charge on any atom is 0.161 e. The van der Waals surface area contributed by atoms with Crippen LogP contribution in [0, 0.1) is 11.3 Å². The largest absolute Gasteiger partial charge is 0.378 e. The van der Waals surface area contributed by atoms with E-state index in [1.165, 1.54) is 38.8 Å². The molecule has 5 heteroatoms. The second-order valence-corrected chi connectivity index (χ2v) is 8.16. The molecule has 1 aliphatic carbocycles. The fraction of sp³-hybridized carbons (Fsp3) is 0.850. The molecule has 2 rings (SSSR count). The van der Waals surface area contributed by atoms with Gasteiger partial charge in [0.1, 0.15) is 0 Å². The van der Waals surface area contributed by atoms with Crippen LogP contribution in [0.5, 0.6) is 0 Å². The van der Waals surface area contributed by atoms with E-state index in [4.69, 9.17) is 9.47 Å². The Morgan fingerprint density at radius 2 is 1.68 bits per heavy atom. The highest BCUT2D eigenvalue weighted by Crippen LogP contribution is 2.46. The van der Waals surface area contributed by atoms with Crippen LogP contribution in [-0.2, 0) is 14.3 Å².